The second-order valence-electron chi connectivity index (χ2n) is 6.61. The molecule has 0 amide bonds. The number of hydrogen-bond acceptors (Lipinski definition) is 3. The smallest absolute Gasteiger partial charge is 0.389 e. The van der Waals surface area contributed by atoms with Crippen LogP contribution in [-0.4, -0.2) is 21.6 Å². The summed E-state index contributed by atoms with van der Waals surface area (Å²) >= 11 is 4.80. The Balaban J connectivity index is 3.63. The predicted molar refractivity (Wildman–Crippen MR) is 122 cm³/mol. The summed E-state index contributed by atoms with van der Waals surface area (Å²) in [5.41, 5.74) is 0. The number of unbranched alkanes of at least 4 members (excludes halogenated alkanes) is 3. The number of esters is 2. The monoisotopic (exact) mass is 574 g/mol. The molecule has 0 heterocycles. The fourth-order valence-electron chi connectivity index (χ4n) is 2.21. The van der Waals surface area contributed by atoms with Crippen molar-refractivity contribution < 1.29 is 31.9 Å². The van der Waals surface area contributed by atoms with E-state index in [4.69, 9.17) is 0 Å². The molecule has 0 aromatic heterocycles. The minimum Gasteiger partial charge on any atom is -0.389 e. The molecule has 0 aliphatic carbocycles. The number of carbonyl (C=O) groups excluding carboxylic acids is 2. The molecule has 0 spiro atoms. The van der Waals surface area contributed by atoms with Crippen molar-refractivity contribution in [2.75, 3.05) is 0 Å². The number of carbonyl (C=O) groups is 2. The van der Waals surface area contributed by atoms with Gasteiger partial charge in [0, 0.05) is 12.8 Å². The SMILES string of the molecule is O=C(CCCC=CCC=CCC=CCC=CCCCCC(F)(F)F)OC(=O)C(F)(Br)Br. The van der Waals surface area contributed by atoms with E-state index in [1.165, 1.54) is 0 Å². The molecule has 176 valence electrons. The molecular weight excluding hydrogens is 548 g/mol. The zero-order valence-corrected chi connectivity index (χ0v) is 20.4. The van der Waals surface area contributed by atoms with E-state index in [9.17, 15) is 27.2 Å². The van der Waals surface area contributed by atoms with Crippen LogP contribution < -0.4 is 0 Å². The molecule has 0 fully saturated rings. The number of alkyl halides is 6. The molecule has 0 N–H and O–H groups in total. The predicted octanol–water partition coefficient (Wildman–Crippen LogP) is 8.16. The lowest BCUT2D eigenvalue weighted by atomic mass is 10.1. The van der Waals surface area contributed by atoms with Crippen LogP contribution in [-0.2, 0) is 14.3 Å². The van der Waals surface area contributed by atoms with Gasteiger partial charge in [-0.15, -0.1) is 0 Å². The quantitative estimate of drug-likeness (QED) is 0.0494. The number of hydrogen-bond donors (Lipinski definition) is 0. The number of allylic oxidation sites excluding steroid dienone is 8. The summed E-state index contributed by atoms with van der Waals surface area (Å²) in [6, 6.07) is 0. The van der Waals surface area contributed by atoms with Gasteiger partial charge in [0.1, 0.15) is 0 Å². The first-order chi connectivity index (χ1) is 14.5. The van der Waals surface area contributed by atoms with Crippen LogP contribution in [0.25, 0.3) is 0 Å². The van der Waals surface area contributed by atoms with Crippen LogP contribution in [0.5, 0.6) is 0 Å². The largest absolute Gasteiger partial charge is 0.389 e. The van der Waals surface area contributed by atoms with Crippen LogP contribution in [0, 0.1) is 0 Å². The van der Waals surface area contributed by atoms with Crippen LogP contribution in [0.3, 0.4) is 0 Å². The van der Waals surface area contributed by atoms with E-state index >= 15 is 0 Å². The summed E-state index contributed by atoms with van der Waals surface area (Å²) in [6.07, 6.45) is 15.9. The first-order valence-corrected chi connectivity index (χ1v) is 11.6. The molecular formula is C22H28Br2F4O3. The van der Waals surface area contributed by atoms with Gasteiger partial charge in [-0.1, -0.05) is 48.6 Å². The van der Waals surface area contributed by atoms with Crippen molar-refractivity contribution in [2.45, 2.75) is 73.9 Å². The van der Waals surface area contributed by atoms with Gasteiger partial charge in [0.25, 0.3) is 0 Å². The first-order valence-electron chi connectivity index (χ1n) is 10.0. The van der Waals surface area contributed by atoms with E-state index in [1.807, 2.05) is 48.6 Å². The van der Waals surface area contributed by atoms with Gasteiger partial charge in [-0.2, -0.15) is 13.2 Å². The average Bonchev–Trinajstić information content (AvgIpc) is 2.65. The molecule has 31 heavy (non-hydrogen) atoms. The number of halogens is 6. The van der Waals surface area contributed by atoms with Gasteiger partial charge in [-0.25, -0.2) is 9.18 Å². The Morgan fingerprint density at radius 1 is 0.710 bits per heavy atom. The highest BCUT2D eigenvalue weighted by Gasteiger charge is 2.35. The van der Waals surface area contributed by atoms with Gasteiger partial charge in [-0.3, -0.25) is 4.79 Å². The molecule has 0 bridgehead atoms. The third-order valence-electron chi connectivity index (χ3n) is 3.75. The van der Waals surface area contributed by atoms with Crippen LogP contribution in [0.15, 0.2) is 48.6 Å². The second-order valence-corrected chi connectivity index (χ2v) is 9.85. The molecule has 9 heteroatoms. The molecule has 0 aliphatic heterocycles. The maximum absolute atomic E-state index is 13.1. The van der Waals surface area contributed by atoms with Crippen molar-refractivity contribution in [1.82, 2.24) is 0 Å². The van der Waals surface area contributed by atoms with Crippen molar-refractivity contribution in [1.29, 1.82) is 0 Å². The normalized spacial score (nSPS) is 13.2. The van der Waals surface area contributed by atoms with E-state index in [0.29, 0.717) is 25.7 Å². The topological polar surface area (TPSA) is 43.4 Å². The minimum atomic E-state index is -4.05. The second kappa shape index (κ2) is 17.3. The van der Waals surface area contributed by atoms with E-state index in [-0.39, 0.29) is 12.8 Å². The van der Waals surface area contributed by atoms with Crippen molar-refractivity contribution >= 4 is 43.8 Å². The van der Waals surface area contributed by atoms with Crippen LogP contribution in [0.1, 0.15) is 64.2 Å². The zero-order chi connectivity index (χ0) is 23.6. The fraction of sp³-hybridized carbons (Fsp3) is 0.545. The van der Waals surface area contributed by atoms with E-state index < -0.39 is 28.0 Å². The molecule has 0 unspecified atom stereocenters. The molecule has 0 atom stereocenters. The summed E-state index contributed by atoms with van der Waals surface area (Å²) in [4.78, 5) is 22.5. The summed E-state index contributed by atoms with van der Waals surface area (Å²) in [6.45, 7) is 0. The van der Waals surface area contributed by atoms with Gasteiger partial charge < -0.3 is 4.74 Å². The van der Waals surface area contributed by atoms with Gasteiger partial charge in [0.15, 0.2) is 0 Å². The van der Waals surface area contributed by atoms with Crippen LogP contribution in [0.4, 0.5) is 17.6 Å². The van der Waals surface area contributed by atoms with Crippen molar-refractivity contribution in [3.05, 3.63) is 48.6 Å². The fourth-order valence-corrected chi connectivity index (χ4v) is 2.37. The highest BCUT2D eigenvalue weighted by molar-refractivity contribution is 9.25. The molecule has 0 saturated carbocycles. The maximum atomic E-state index is 13.1. The Kier molecular flexibility index (Phi) is 16.7. The van der Waals surface area contributed by atoms with Crippen molar-refractivity contribution in [3.8, 4) is 0 Å². The number of rotatable bonds is 15. The van der Waals surface area contributed by atoms with E-state index in [2.05, 4.69) is 36.6 Å². The summed E-state index contributed by atoms with van der Waals surface area (Å²) in [7, 11) is 0. The molecule has 3 nitrogen and oxygen atoms in total. The summed E-state index contributed by atoms with van der Waals surface area (Å²) in [5.74, 6) is -2.11. The Bertz CT molecular complexity index is 634. The lowest BCUT2D eigenvalue weighted by Gasteiger charge is -2.07. The van der Waals surface area contributed by atoms with Gasteiger partial charge in [-0.05, 0) is 83.2 Å². The zero-order valence-electron chi connectivity index (χ0n) is 17.2. The van der Waals surface area contributed by atoms with Gasteiger partial charge in [0.2, 0.25) is 0 Å². The number of ether oxygens (including phenoxy) is 1. The molecule has 0 aromatic carbocycles. The first kappa shape index (κ1) is 29.8. The molecule has 0 radical (unpaired) electrons. The molecule has 0 rings (SSSR count). The highest BCUT2D eigenvalue weighted by Crippen LogP contribution is 2.29. The average molecular weight is 576 g/mol. The maximum Gasteiger partial charge on any atom is 0.389 e. The molecule has 0 aromatic rings. The third kappa shape index (κ3) is 21.8. The van der Waals surface area contributed by atoms with E-state index in [0.717, 1.165) is 19.3 Å². The Morgan fingerprint density at radius 3 is 1.61 bits per heavy atom. The Labute approximate surface area is 197 Å². The Hall–Kier alpha value is -1.22. The summed E-state index contributed by atoms with van der Waals surface area (Å²) < 4.78 is 50.8. The van der Waals surface area contributed by atoms with Crippen LogP contribution in [0.2, 0.25) is 0 Å². The Morgan fingerprint density at radius 2 is 1.16 bits per heavy atom. The lowest BCUT2D eigenvalue weighted by molar-refractivity contribution is -0.161. The molecule has 0 saturated heterocycles. The standard InChI is InChI=1S/C22H28Br2F4O3/c23-22(24,28)20(30)31-19(29)17-15-13-11-9-7-5-3-1-2-4-6-8-10-12-14-16-18-21(25,26)27/h2-5,8-11H,1,6-7,12-18H2. The highest BCUT2D eigenvalue weighted by atomic mass is 79.9. The molecule has 0 aliphatic rings. The van der Waals surface area contributed by atoms with Crippen molar-refractivity contribution in [3.63, 3.8) is 0 Å². The van der Waals surface area contributed by atoms with E-state index in [1.54, 1.807) is 0 Å². The van der Waals surface area contributed by atoms with Gasteiger partial charge >= 0.3 is 21.6 Å². The lowest BCUT2D eigenvalue weighted by Crippen LogP contribution is -2.24. The summed E-state index contributed by atoms with van der Waals surface area (Å²) in [5, 5.41) is 0. The van der Waals surface area contributed by atoms with Gasteiger partial charge in [0.05, 0.1) is 0 Å². The minimum absolute atomic E-state index is 0.0226. The third-order valence-corrected chi connectivity index (χ3v) is 4.40. The van der Waals surface area contributed by atoms with Crippen molar-refractivity contribution in [2.24, 2.45) is 0 Å². The van der Waals surface area contributed by atoms with Crippen LogP contribution >= 0.6 is 31.9 Å².